The van der Waals surface area contributed by atoms with Gasteiger partial charge in [-0.25, -0.2) is 4.98 Å². The molecule has 1 fully saturated rings. The fourth-order valence-corrected chi connectivity index (χ4v) is 4.27. The minimum absolute atomic E-state index is 0.0284. The van der Waals surface area contributed by atoms with Crippen molar-refractivity contribution in [3.05, 3.63) is 102 Å². The Hall–Kier alpha value is -4.44. The summed E-state index contributed by atoms with van der Waals surface area (Å²) in [5.74, 6) is 0.650. The molecule has 0 saturated carbocycles. The lowest BCUT2D eigenvalue weighted by molar-refractivity contribution is 0.0747. The lowest BCUT2D eigenvalue weighted by Gasteiger charge is -2.35. The van der Waals surface area contributed by atoms with E-state index < -0.39 is 0 Å². The third-order valence-electron chi connectivity index (χ3n) is 6.00. The number of pyridine rings is 1. The minimum atomic E-state index is -0.0284. The van der Waals surface area contributed by atoms with E-state index in [1.54, 1.807) is 18.3 Å². The molecular weight excluding hydrogens is 424 g/mol. The fourth-order valence-electron chi connectivity index (χ4n) is 4.27. The Morgan fingerprint density at radius 3 is 2.32 bits per heavy atom. The molecule has 4 aromatic rings. The highest BCUT2D eigenvalue weighted by atomic mass is 16.2. The standard InChI is InChI=1S/C27H24N6O/c28-18-23-12-7-13-29-26(23)31-14-16-32(17-15-31)27(34)24-20-33(19-21-8-3-1-4-9-21)30-25(24)22-10-5-2-6-11-22/h1-13,20H,14-17,19H2. The zero-order valence-corrected chi connectivity index (χ0v) is 18.7. The predicted octanol–water partition coefficient (Wildman–Crippen LogP) is 3.83. The second-order valence-electron chi connectivity index (χ2n) is 8.21. The van der Waals surface area contributed by atoms with Gasteiger partial charge >= 0.3 is 0 Å². The van der Waals surface area contributed by atoms with Crippen LogP contribution in [0.2, 0.25) is 0 Å². The topological polar surface area (TPSA) is 78.0 Å². The van der Waals surface area contributed by atoms with Crippen molar-refractivity contribution in [2.24, 2.45) is 0 Å². The van der Waals surface area contributed by atoms with E-state index in [2.05, 4.69) is 28.1 Å². The van der Waals surface area contributed by atoms with Crippen molar-refractivity contribution in [2.75, 3.05) is 31.1 Å². The summed E-state index contributed by atoms with van der Waals surface area (Å²) in [5, 5.41) is 14.2. The predicted molar refractivity (Wildman–Crippen MR) is 130 cm³/mol. The molecule has 5 rings (SSSR count). The molecule has 0 N–H and O–H groups in total. The van der Waals surface area contributed by atoms with Gasteiger partial charge in [-0.3, -0.25) is 9.48 Å². The Bertz CT molecular complexity index is 1320. The van der Waals surface area contributed by atoms with Gasteiger partial charge in [0.2, 0.25) is 0 Å². The second kappa shape index (κ2) is 9.59. The third-order valence-corrected chi connectivity index (χ3v) is 6.00. The molecule has 0 atom stereocenters. The van der Waals surface area contributed by atoms with Gasteiger partial charge < -0.3 is 9.80 Å². The van der Waals surface area contributed by atoms with Crippen LogP contribution in [-0.2, 0) is 6.54 Å². The van der Waals surface area contributed by atoms with E-state index in [4.69, 9.17) is 5.10 Å². The zero-order chi connectivity index (χ0) is 23.3. The molecule has 34 heavy (non-hydrogen) atoms. The average molecular weight is 449 g/mol. The summed E-state index contributed by atoms with van der Waals surface area (Å²) < 4.78 is 1.84. The summed E-state index contributed by atoms with van der Waals surface area (Å²) in [7, 11) is 0. The second-order valence-corrected chi connectivity index (χ2v) is 8.21. The first-order valence-corrected chi connectivity index (χ1v) is 11.3. The Kier molecular flexibility index (Phi) is 6.04. The van der Waals surface area contributed by atoms with E-state index in [0.717, 1.165) is 11.1 Å². The Morgan fingerprint density at radius 2 is 1.62 bits per heavy atom. The molecule has 1 amide bonds. The molecule has 0 bridgehead atoms. The van der Waals surface area contributed by atoms with Crippen LogP contribution in [0.3, 0.4) is 0 Å². The van der Waals surface area contributed by atoms with Crippen LogP contribution >= 0.6 is 0 Å². The lowest BCUT2D eigenvalue weighted by atomic mass is 10.1. The zero-order valence-electron chi connectivity index (χ0n) is 18.7. The highest BCUT2D eigenvalue weighted by Crippen LogP contribution is 2.25. The number of piperazine rings is 1. The first kappa shape index (κ1) is 21.4. The van der Waals surface area contributed by atoms with Crippen molar-refractivity contribution in [2.45, 2.75) is 6.54 Å². The molecule has 7 nitrogen and oxygen atoms in total. The van der Waals surface area contributed by atoms with Crippen LogP contribution < -0.4 is 4.90 Å². The first-order valence-electron chi connectivity index (χ1n) is 11.3. The molecule has 2 aromatic heterocycles. The molecule has 1 aliphatic rings. The van der Waals surface area contributed by atoms with Gasteiger partial charge in [0.15, 0.2) is 0 Å². The summed E-state index contributed by atoms with van der Waals surface area (Å²) >= 11 is 0. The van der Waals surface area contributed by atoms with Crippen molar-refractivity contribution in [3.63, 3.8) is 0 Å². The number of carbonyl (C=O) groups is 1. The van der Waals surface area contributed by atoms with Crippen molar-refractivity contribution in [1.29, 1.82) is 5.26 Å². The van der Waals surface area contributed by atoms with Crippen LogP contribution in [0.15, 0.2) is 85.2 Å². The SMILES string of the molecule is N#Cc1cccnc1N1CCN(C(=O)c2cn(Cc3ccccc3)nc2-c2ccccc2)CC1. The highest BCUT2D eigenvalue weighted by Gasteiger charge is 2.27. The van der Waals surface area contributed by atoms with Gasteiger partial charge in [-0.05, 0) is 17.7 Å². The molecule has 0 unspecified atom stereocenters. The Balaban J connectivity index is 1.38. The van der Waals surface area contributed by atoms with Crippen LogP contribution in [0.25, 0.3) is 11.3 Å². The van der Waals surface area contributed by atoms with Crippen molar-refractivity contribution >= 4 is 11.7 Å². The van der Waals surface area contributed by atoms with Gasteiger partial charge in [-0.1, -0.05) is 60.7 Å². The molecule has 1 aliphatic heterocycles. The Labute approximate surface area is 198 Å². The minimum Gasteiger partial charge on any atom is -0.352 e. The summed E-state index contributed by atoms with van der Waals surface area (Å²) in [6.07, 6.45) is 3.55. The van der Waals surface area contributed by atoms with E-state index >= 15 is 0 Å². The lowest BCUT2D eigenvalue weighted by Crippen LogP contribution is -2.49. The maximum atomic E-state index is 13.6. The fraction of sp³-hybridized carbons (Fsp3) is 0.185. The van der Waals surface area contributed by atoms with Gasteiger partial charge in [0.1, 0.15) is 17.6 Å². The van der Waals surface area contributed by atoms with Crippen LogP contribution in [-0.4, -0.2) is 51.8 Å². The number of nitriles is 1. The van der Waals surface area contributed by atoms with E-state index in [1.165, 1.54) is 0 Å². The number of carbonyl (C=O) groups excluding carboxylic acids is 1. The largest absolute Gasteiger partial charge is 0.352 e. The quantitative estimate of drug-likeness (QED) is 0.464. The number of benzene rings is 2. The van der Waals surface area contributed by atoms with E-state index in [9.17, 15) is 10.1 Å². The van der Waals surface area contributed by atoms with Crippen LogP contribution in [0.5, 0.6) is 0 Å². The smallest absolute Gasteiger partial charge is 0.257 e. The normalized spacial score (nSPS) is 13.5. The molecular formula is C27H24N6O. The van der Waals surface area contributed by atoms with Gasteiger partial charge in [-0.2, -0.15) is 10.4 Å². The number of hydrogen-bond donors (Lipinski definition) is 0. The summed E-state index contributed by atoms with van der Waals surface area (Å²) in [5.41, 5.74) is 3.90. The van der Waals surface area contributed by atoms with Crippen LogP contribution in [0.1, 0.15) is 21.5 Å². The molecule has 3 heterocycles. The number of hydrogen-bond acceptors (Lipinski definition) is 5. The van der Waals surface area contributed by atoms with Crippen molar-refractivity contribution in [1.82, 2.24) is 19.7 Å². The molecule has 168 valence electrons. The first-order chi connectivity index (χ1) is 16.7. The number of amides is 1. The number of anilines is 1. The van der Waals surface area contributed by atoms with E-state index in [-0.39, 0.29) is 5.91 Å². The van der Waals surface area contributed by atoms with Gasteiger partial charge in [-0.15, -0.1) is 0 Å². The van der Waals surface area contributed by atoms with Gasteiger partial charge in [0.25, 0.3) is 5.91 Å². The van der Waals surface area contributed by atoms with E-state index in [1.807, 2.05) is 64.3 Å². The molecule has 7 heteroatoms. The molecule has 1 saturated heterocycles. The van der Waals surface area contributed by atoms with Crippen molar-refractivity contribution in [3.8, 4) is 17.3 Å². The third kappa shape index (κ3) is 4.39. The molecule has 0 spiro atoms. The van der Waals surface area contributed by atoms with Gasteiger partial charge in [0, 0.05) is 44.1 Å². The Morgan fingerprint density at radius 1 is 0.912 bits per heavy atom. The monoisotopic (exact) mass is 448 g/mol. The number of aromatic nitrogens is 3. The summed E-state index contributed by atoms with van der Waals surface area (Å²) in [4.78, 5) is 21.9. The molecule has 0 radical (unpaired) electrons. The van der Waals surface area contributed by atoms with Crippen molar-refractivity contribution < 1.29 is 4.79 Å². The maximum absolute atomic E-state index is 13.6. The number of nitrogens with zero attached hydrogens (tertiary/aromatic N) is 6. The highest BCUT2D eigenvalue weighted by molar-refractivity contribution is 6.00. The average Bonchev–Trinajstić information content (AvgIpc) is 3.33. The van der Waals surface area contributed by atoms with Crippen LogP contribution in [0, 0.1) is 11.3 Å². The summed E-state index contributed by atoms with van der Waals surface area (Å²) in [6.45, 7) is 2.95. The summed E-state index contributed by atoms with van der Waals surface area (Å²) in [6, 6.07) is 25.7. The van der Waals surface area contributed by atoms with Crippen LogP contribution in [0.4, 0.5) is 5.82 Å². The van der Waals surface area contributed by atoms with Gasteiger partial charge in [0.05, 0.1) is 17.7 Å². The van der Waals surface area contributed by atoms with E-state index in [0.29, 0.717) is 55.4 Å². The maximum Gasteiger partial charge on any atom is 0.257 e. The molecule has 0 aliphatic carbocycles. The number of rotatable bonds is 5. The molecule has 2 aromatic carbocycles.